The molecule has 0 bridgehead atoms. The average molecular weight is 300 g/mol. The highest BCUT2D eigenvalue weighted by Crippen LogP contribution is 2.18. The van der Waals surface area contributed by atoms with E-state index in [1.165, 1.54) is 44.3 Å². The molecule has 0 radical (unpaired) electrons. The number of nitrogens with zero attached hydrogens (tertiary/aromatic N) is 1. The molecule has 116 valence electrons. The Kier molecular flexibility index (Phi) is 10.8. The lowest BCUT2D eigenvalue weighted by molar-refractivity contribution is -0.941. The number of unbranched alkanes of at least 4 members (excludes halogenated alkanes) is 2. The van der Waals surface area contributed by atoms with Gasteiger partial charge in [0, 0.05) is 5.56 Å². The molecule has 1 aromatic rings. The first kappa shape index (κ1) is 19.4. The lowest BCUT2D eigenvalue weighted by Crippen LogP contribution is -3.00. The van der Waals surface area contributed by atoms with Crippen LogP contribution in [0.5, 0.6) is 0 Å². The normalized spacial score (nSPS) is 11.2. The second-order valence-electron chi connectivity index (χ2n) is 5.59. The zero-order chi connectivity index (χ0) is 14.0. The van der Waals surface area contributed by atoms with Gasteiger partial charge in [-0.05, 0) is 12.8 Å². The van der Waals surface area contributed by atoms with E-state index in [9.17, 15) is 5.11 Å². The van der Waals surface area contributed by atoms with Crippen molar-refractivity contribution in [3.8, 4) is 0 Å². The van der Waals surface area contributed by atoms with Gasteiger partial charge in [-0.1, -0.05) is 57.0 Å². The first-order valence-electron chi connectivity index (χ1n) is 7.76. The van der Waals surface area contributed by atoms with Gasteiger partial charge in [0.15, 0.2) is 0 Å². The number of hydrogen-bond acceptors (Lipinski definition) is 1. The van der Waals surface area contributed by atoms with Crippen LogP contribution in [0.3, 0.4) is 0 Å². The van der Waals surface area contributed by atoms with Gasteiger partial charge in [0.1, 0.15) is 13.1 Å². The predicted octanol–water partition coefficient (Wildman–Crippen LogP) is 0.600. The summed E-state index contributed by atoms with van der Waals surface area (Å²) in [6, 6.07) is 10.7. The van der Waals surface area contributed by atoms with E-state index >= 15 is 0 Å². The minimum absolute atomic E-state index is 0. The van der Waals surface area contributed by atoms with E-state index in [1.807, 2.05) is 0 Å². The topological polar surface area (TPSA) is 20.2 Å². The summed E-state index contributed by atoms with van der Waals surface area (Å²) in [5.41, 5.74) is 1.39. The third-order valence-electron chi connectivity index (χ3n) is 3.91. The Morgan fingerprint density at radius 3 is 1.90 bits per heavy atom. The summed E-state index contributed by atoms with van der Waals surface area (Å²) in [7, 11) is 0. The van der Waals surface area contributed by atoms with Gasteiger partial charge in [-0.25, -0.2) is 0 Å². The molecule has 3 heteroatoms. The number of rotatable bonds is 10. The molecule has 0 saturated heterocycles. The van der Waals surface area contributed by atoms with Crippen molar-refractivity contribution in [1.29, 1.82) is 0 Å². The van der Waals surface area contributed by atoms with Crippen molar-refractivity contribution in [2.45, 2.75) is 46.1 Å². The molecule has 0 saturated carbocycles. The average Bonchev–Trinajstić information content (AvgIpc) is 2.44. The quantitative estimate of drug-likeness (QED) is 0.628. The second kappa shape index (κ2) is 11.1. The fourth-order valence-corrected chi connectivity index (χ4v) is 2.74. The van der Waals surface area contributed by atoms with Crippen LogP contribution in [0.4, 0.5) is 0 Å². The fraction of sp³-hybridized carbons (Fsp3) is 0.647. The van der Waals surface area contributed by atoms with Gasteiger partial charge in [0.25, 0.3) is 0 Å². The van der Waals surface area contributed by atoms with E-state index in [4.69, 9.17) is 0 Å². The lowest BCUT2D eigenvalue weighted by atomic mass is 10.1. The standard InChI is InChI=1S/C17H30NO.ClH/c1-3-5-12-18(14-15-19,13-6-4-2)16-17-10-8-7-9-11-17;/h7-11,19H,3-6,12-16H2,1-2H3;1H/q+1;/p-1. The number of aliphatic hydroxyl groups is 1. The molecule has 0 heterocycles. The molecule has 0 aromatic heterocycles. The van der Waals surface area contributed by atoms with Crippen LogP contribution < -0.4 is 12.4 Å². The molecule has 0 aliphatic rings. The van der Waals surface area contributed by atoms with Gasteiger partial charge in [0.05, 0.1) is 19.7 Å². The third-order valence-corrected chi connectivity index (χ3v) is 3.91. The first-order chi connectivity index (χ1) is 9.26. The molecule has 0 spiro atoms. The van der Waals surface area contributed by atoms with E-state index in [-0.39, 0.29) is 12.4 Å². The zero-order valence-corrected chi connectivity index (χ0v) is 13.8. The SMILES string of the molecule is CCCC[N+](CCO)(CCCC)Cc1ccccc1.[Cl-]. The van der Waals surface area contributed by atoms with Crippen molar-refractivity contribution in [2.24, 2.45) is 0 Å². The Balaban J connectivity index is 0.00000361. The number of aliphatic hydroxyl groups excluding tert-OH is 1. The van der Waals surface area contributed by atoms with Crippen molar-refractivity contribution in [2.75, 3.05) is 26.2 Å². The Bertz CT molecular complexity index is 321. The van der Waals surface area contributed by atoms with Crippen LogP contribution in [0.25, 0.3) is 0 Å². The van der Waals surface area contributed by atoms with Crippen LogP contribution in [-0.2, 0) is 6.54 Å². The summed E-state index contributed by atoms with van der Waals surface area (Å²) in [6.07, 6.45) is 4.95. The predicted molar refractivity (Wildman–Crippen MR) is 81.9 cm³/mol. The Hall–Kier alpha value is -0.570. The maximum Gasteiger partial charge on any atom is 0.104 e. The van der Waals surface area contributed by atoms with Crippen molar-refractivity contribution in [3.05, 3.63) is 35.9 Å². The Morgan fingerprint density at radius 2 is 1.45 bits per heavy atom. The minimum atomic E-state index is 0. The van der Waals surface area contributed by atoms with Crippen LogP contribution >= 0.6 is 0 Å². The summed E-state index contributed by atoms with van der Waals surface area (Å²) in [4.78, 5) is 0. The van der Waals surface area contributed by atoms with Crippen LogP contribution in [0.15, 0.2) is 30.3 Å². The van der Waals surface area contributed by atoms with Gasteiger partial charge in [-0.2, -0.15) is 0 Å². The van der Waals surface area contributed by atoms with E-state index in [2.05, 4.69) is 44.2 Å². The van der Waals surface area contributed by atoms with E-state index in [0.29, 0.717) is 6.61 Å². The van der Waals surface area contributed by atoms with E-state index in [1.54, 1.807) is 0 Å². The maximum absolute atomic E-state index is 9.46. The molecule has 0 aliphatic carbocycles. The molecule has 2 nitrogen and oxygen atoms in total. The van der Waals surface area contributed by atoms with Gasteiger partial charge in [0.2, 0.25) is 0 Å². The van der Waals surface area contributed by atoms with E-state index in [0.717, 1.165) is 17.6 Å². The molecule has 0 unspecified atom stereocenters. The minimum Gasteiger partial charge on any atom is -1.00 e. The molecule has 0 fully saturated rings. The van der Waals surface area contributed by atoms with Crippen molar-refractivity contribution >= 4 is 0 Å². The summed E-state index contributed by atoms with van der Waals surface area (Å²) >= 11 is 0. The first-order valence-corrected chi connectivity index (χ1v) is 7.76. The molecule has 1 N–H and O–H groups in total. The van der Waals surface area contributed by atoms with Gasteiger partial charge in [-0.3, -0.25) is 0 Å². The maximum atomic E-state index is 9.46. The smallest absolute Gasteiger partial charge is 0.104 e. The Morgan fingerprint density at radius 1 is 0.900 bits per heavy atom. The summed E-state index contributed by atoms with van der Waals surface area (Å²) in [6.45, 7) is 9.10. The number of benzene rings is 1. The molecule has 0 aliphatic heterocycles. The molecule has 0 atom stereocenters. The molecular weight excluding hydrogens is 270 g/mol. The van der Waals surface area contributed by atoms with Crippen LogP contribution in [0.1, 0.15) is 45.1 Å². The van der Waals surface area contributed by atoms with Crippen LogP contribution in [-0.4, -0.2) is 35.8 Å². The van der Waals surface area contributed by atoms with Gasteiger partial charge in [-0.15, -0.1) is 0 Å². The lowest BCUT2D eigenvalue weighted by Gasteiger charge is -2.38. The molecule has 1 aromatic carbocycles. The monoisotopic (exact) mass is 299 g/mol. The van der Waals surface area contributed by atoms with E-state index < -0.39 is 0 Å². The van der Waals surface area contributed by atoms with Gasteiger partial charge >= 0.3 is 0 Å². The van der Waals surface area contributed by atoms with Gasteiger partial charge < -0.3 is 22.0 Å². The van der Waals surface area contributed by atoms with Crippen molar-refractivity contribution in [3.63, 3.8) is 0 Å². The number of hydrogen-bond donors (Lipinski definition) is 1. The highest BCUT2D eigenvalue weighted by atomic mass is 35.5. The molecule has 0 amide bonds. The number of quaternary nitrogens is 1. The third kappa shape index (κ3) is 6.74. The van der Waals surface area contributed by atoms with Crippen molar-refractivity contribution in [1.82, 2.24) is 0 Å². The summed E-state index contributed by atoms with van der Waals surface area (Å²) in [5, 5.41) is 9.46. The van der Waals surface area contributed by atoms with Crippen LogP contribution in [0.2, 0.25) is 0 Å². The zero-order valence-electron chi connectivity index (χ0n) is 13.0. The number of halogens is 1. The largest absolute Gasteiger partial charge is 1.00 e. The van der Waals surface area contributed by atoms with Crippen LogP contribution in [0, 0.1) is 0 Å². The van der Waals surface area contributed by atoms with Crippen molar-refractivity contribution < 1.29 is 22.0 Å². The summed E-state index contributed by atoms with van der Waals surface area (Å²) in [5.74, 6) is 0. The fourth-order valence-electron chi connectivity index (χ4n) is 2.74. The Labute approximate surface area is 130 Å². The molecular formula is C17H30ClNO. The molecule has 20 heavy (non-hydrogen) atoms. The highest BCUT2D eigenvalue weighted by molar-refractivity contribution is 5.13. The molecule has 1 rings (SSSR count). The second-order valence-corrected chi connectivity index (χ2v) is 5.59. The summed E-state index contributed by atoms with van der Waals surface area (Å²) < 4.78 is 1.04. The highest BCUT2D eigenvalue weighted by Gasteiger charge is 2.26.